The molecule has 1 N–H and O–H groups in total. The van der Waals surface area contributed by atoms with Gasteiger partial charge in [0, 0.05) is 29.8 Å². The molecule has 1 aliphatic heterocycles. The molecule has 1 aromatic rings. The van der Waals surface area contributed by atoms with Crippen LogP contribution in [0.5, 0.6) is 0 Å². The van der Waals surface area contributed by atoms with E-state index in [4.69, 9.17) is 0 Å². The highest BCUT2D eigenvalue weighted by molar-refractivity contribution is 9.10. The molecular weight excluding hydrogens is 240 g/mol. The van der Waals surface area contributed by atoms with Crippen LogP contribution in [0.4, 0.5) is 5.69 Å². The van der Waals surface area contributed by atoms with Crippen LogP contribution in [0.2, 0.25) is 0 Å². The number of rotatable bonds is 2. The maximum Gasteiger partial charge on any atom is 0.0452 e. The average Bonchev–Trinajstić information content (AvgIpc) is 2.44. The molecule has 14 heavy (non-hydrogen) atoms. The van der Waals surface area contributed by atoms with Crippen LogP contribution in [0, 0.1) is 0 Å². The van der Waals surface area contributed by atoms with Gasteiger partial charge in [-0.3, -0.25) is 0 Å². The van der Waals surface area contributed by atoms with Crippen molar-refractivity contribution in [1.82, 2.24) is 5.32 Å². The van der Waals surface area contributed by atoms with E-state index in [1.54, 1.807) is 0 Å². The van der Waals surface area contributed by atoms with Crippen LogP contribution >= 0.6 is 15.9 Å². The molecule has 2 nitrogen and oxygen atoms in total. The topological polar surface area (TPSA) is 15.3 Å². The molecule has 1 heterocycles. The number of halogens is 1. The summed E-state index contributed by atoms with van der Waals surface area (Å²) in [5.74, 6) is 0. The molecule has 0 aromatic heterocycles. The third-order valence-electron chi connectivity index (χ3n) is 2.86. The monoisotopic (exact) mass is 254 g/mol. The minimum Gasteiger partial charge on any atom is -0.370 e. The highest BCUT2D eigenvalue weighted by atomic mass is 79.9. The van der Waals surface area contributed by atoms with E-state index in [1.165, 1.54) is 15.7 Å². The van der Waals surface area contributed by atoms with Gasteiger partial charge in [0.15, 0.2) is 0 Å². The van der Waals surface area contributed by atoms with E-state index in [-0.39, 0.29) is 0 Å². The zero-order valence-corrected chi connectivity index (χ0v) is 10.1. The van der Waals surface area contributed by atoms with Crippen molar-refractivity contribution in [3.05, 3.63) is 28.2 Å². The lowest BCUT2D eigenvalue weighted by atomic mass is 10.1. The van der Waals surface area contributed by atoms with Gasteiger partial charge < -0.3 is 10.2 Å². The number of anilines is 1. The van der Waals surface area contributed by atoms with Gasteiger partial charge in [-0.1, -0.05) is 15.9 Å². The minimum absolute atomic E-state index is 0.601. The molecule has 0 radical (unpaired) electrons. The second kappa shape index (κ2) is 3.91. The maximum absolute atomic E-state index is 3.51. The fraction of sp³-hybridized carbons (Fsp3) is 0.455. The smallest absolute Gasteiger partial charge is 0.0452 e. The van der Waals surface area contributed by atoms with Gasteiger partial charge in [-0.15, -0.1) is 0 Å². The summed E-state index contributed by atoms with van der Waals surface area (Å²) in [6.45, 7) is 1.04. The molecule has 0 amide bonds. The molecule has 0 aliphatic carbocycles. The van der Waals surface area contributed by atoms with Crippen molar-refractivity contribution in [3.8, 4) is 0 Å². The molecule has 3 heteroatoms. The maximum atomic E-state index is 3.51. The SMILES string of the molecule is CNCC1Cc2cc(Br)ccc2N1C. The number of nitrogens with one attached hydrogen (secondary N) is 1. The van der Waals surface area contributed by atoms with Crippen molar-refractivity contribution in [3.63, 3.8) is 0 Å². The van der Waals surface area contributed by atoms with E-state index in [2.05, 4.69) is 51.4 Å². The summed E-state index contributed by atoms with van der Waals surface area (Å²) in [5.41, 5.74) is 2.82. The van der Waals surface area contributed by atoms with Crippen LogP contribution in [-0.4, -0.2) is 26.7 Å². The summed E-state index contributed by atoms with van der Waals surface area (Å²) in [6.07, 6.45) is 1.14. The van der Waals surface area contributed by atoms with Crippen LogP contribution in [0.25, 0.3) is 0 Å². The van der Waals surface area contributed by atoms with Crippen molar-refractivity contribution in [2.45, 2.75) is 12.5 Å². The van der Waals surface area contributed by atoms with Crippen LogP contribution < -0.4 is 10.2 Å². The molecule has 1 atom stereocenters. The van der Waals surface area contributed by atoms with Crippen LogP contribution in [0.3, 0.4) is 0 Å². The first-order valence-corrected chi connectivity index (χ1v) is 5.67. The molecule has 1 unspecified atom stereocenters. The molecule has 0 spiro atoms. The summed E-state index contributed by atoms with van der Waals surface area (Å²) in [4.78, 5) is 2.36. The van der Waals surface area contributed by atoms with Gasteiger partial charge in [0.05, 0.1) is 0 Å². The second-order valence-electron chi connectivity index (χ2n) is 3.80. The van der Waals surface area contributed by atoms with Gasteiger partial charge in [0.25, 0.3) is 0 Å². The van der Waals surface area contributed by atoms with E-state index >= 15 is 0 Å². The highest BCUT2D eigenvalue weighted by Crippen LogP contribution is 2.32. The number of likely N-dealkylation sites (N-methyl/N-ethyl adjacent to an activating group) is 2. The van der Waals surface area contributed by atoms with E-state index in [0.29, 0.717) is 6.04 Å². The van der Waals surface area contributed by atoms with Gasteiger partial charge in [0.1, 0.15) is 0 Å². The summed E-state index contributed by atoms with van der Waals surface area (Å²) in [5, 5.41) is 3.24. The highest BCUT2D eigenvalue weighted by Gasteiger charge is 2.25. The predicted octanol–water partition coefficient (Wildman–Crippen LogP) is 2.03. The molecule has 0 saturated heterocycles. The van der Waals surface area contributed by atoms with Crippen molar-refractivity contribution in [2.24, 2.45) is 0 Å². The van der Waals surface area contributed by atoms with E-state index < -0.39 is 0 Å². The Morgan fingerprint density at radius 3 is 3.07 bits per heavy atom. The first-order chi connectivity index (χ1) is 6.72. The van der Waals surface area contributed by atoms with Gasteiger partial charge >= 0.3 is 0 Å². The lowest BCUT2D eigenvalue weighted by Gasteiger charge is -2.22. The average molecular weight is 255 g/mol. The van der Waals surface area contributed by atoms with E-state index in [1.807, 2.05) is 7.05 Å². The summed E-state index contributed by atoms with van der Waals surface area (Å²) in [7, 11) is 4.18. The van der Waals surface area contributed by atoms with Gasteiger partial charge in [-0.05, 0) is 37.2 Å². The van der Waals surface area contributed by atoms with Crippen molar-refractivity contribution < 1.29 is 0 Å². The largest absolute Gasteiger partial charge is 0.370 e. The zero-order valence-electron chi connectivity index (χ0n) is 8.55. The van der Waals surface area contributed by atoms with E-state index in [0.717, 1.165) is 13.0 Å². The van der Waals surface area contributed by atoms with Gasteiger partial charge in [-0.25, -0.2) is 0 Å². The Kier molecular flexibility index (Phi) is 2.79. The lowest BCUT2D eigenvalue weighted by Crippen LogP contribution is -2.36. The molecule has 1 aromatic carbocycles. The molecule has 0 bridgehead atoms. The predicted molar refractivity (Wildman–Crippen MR) is 64.0 cm³/mol. The quantitative estimate of drug-likeness (QED) is 0.869. The Bertz CT molecular complexity index is 338. The summed E-state index contributed by atoms with van der Waals surface area (Å²) >= 11 is 3.51. The van der Waals surface area contributed by atoms with Crippen LogP contribution in [-0.2, 0) is 6.42 Å². The van der Waals surface area contributed by atoms with Crippen LogP contribution in [0.1, 0.15) is 5.56 Å². The normalized spacial score (nSPS) is 19.9. The second-order valence-corrected chi connectivity index (χ2v) is 4.72. The molecule has 0 saturated carbocycles. The number of hydrogen-bond acceptors (Lipinski definition) is 2. The van der Waals surface area contributed by atoms with Gasteiger partial charge in [-0.2, -0.15) is 0 Å². The Morgan fingerprint density at radius 1 is 1.57 bits per heavy atom. The fourth-order valence-corrected chi connectivity index (χ4v) is 2.50. The Labute approximate surface area is 93.4 Å². The van der Waals surface area contributed by atoms with Crippen molar-refractivity contribution in [2.75, 3.05) is 25.5 Å². The fourth-order valence-electron chi connectivity index (χ4n) is 2.09. The summed E-state index contributed by atoms with van der Waals surface area (Å²) < 4.78 is 1.18. The Morgan fingerprint density at radius 2 is 2.36 bits per heavy atom. The molecule has 76 valence electrons. The number of benzene rings is 1. The third-order valence-corrected chi connectivity index (χ3v) is 3.36. The first-order valence-electron chi connectivity index (χ1n) is 4.88. The van der Waals surface area contributed by atoms with Crippen LogP contribution in [0.15, 0.2) is 22.7 Å². The standard InChI is InChI=1S/C11H15BrN2/c1-13-7-10-6-8-5-9(12)3-4-11(8)14(10)2/h3-5,10,13H,6-7H2,1-2H3. The Hall–Kier alpha value is -0.540. The Balaban J connectivity index is 2.26. The van der Waals surface area contributed by atoms with Gasteiger partial charge in [0.2, 0.25) is 0 Å². The third kappa shape index (κ3) is 1.66. The minimum atomic E-state index is 0.601. The van der Waals surface area contributed by atoms with Crippen molar-refractivity contribution in [1.29, 1.82) is 0 Å². The van der Waals surface area contributed by atoms with E-state index in [9.17, 15) is 0 Å². The number of nitrogens with zero attached hydrogens (tertiary/aromatic N) is 1. The lowest BCUT2D eigenvalue weighted by molar-refractivity contribution is 0.614. The number of hydrogen-bond donors (Lipinski definition) is 1. The molecule has 0 fully saturated rings. The number of fused-ring (bicyclic) bond motifs is 1. The van der Waals surface area contributed by atoms with Crippen molar-refractivity contribution >= 4 is 21.6 Å². The molecular formula is C11H15BrN2. The molecule has 2 rings (SSSR count). The molecule has 1 aliphatic rings. The first kappa shape index (κ1) is 9.99. The zero-order chi connectivity index (χ0) is 10.1. The summed E-state index contributed by atoms with van der Waals surface area (Å²) in [6, 6.07) is 7.12.